The van der Waals surface area contributed by atoms with Gasteiger partial charge in [0.25, 0.3) is 0 Å². The van der Waals surface area contributed by atoms with Crippen molar-refractivity contribution in [3.05, 3.63) is 68.8 Å². The summed E-state index contributed by atoms with van der Waals surface area (Å²) in [6, 6.07) is 5.17. The Morgan fingerprint density at radius 1 is 0.962 bits per heavy atom. The third-order valence-electron chi connectivity index (χ3n) is 9.78. The zero-order valence-electron chi connectivity index (χ0n) is 29.4. The molecular weight excluding hydrogens is 676 g/mol. The number of carbonyl (C=O) groups is 6. The lowest BCUT2D eigenvalue weighted by molar-refractivity contribution is -0.385. The number of Topliss-reactive ketones (excluding diaryl/α,β-unsaturated/α-hetero) is 1. The molecule has 0 radical (unpaired) electrons. The first-order valence-corrected chi connectivity index (χ1v) is 17.6. The predicted molar refractivity (Wildman–Crippen MR) is 186 cm³/mol. The van der Waals surface area contributed by atoms with Crippen molar-refractivity contribution in [2.24, 2.45) is 5.92 Å². The molecule has 4 N–H and O–H groups in total. The second-order valence-electron chi connectivity index (χ2n) is 13.6. The van der Waals surface area contributed by atoms with Crippen LogP contribution in [0, 0.1) is 29.9 Å². The van der Waals surface area contributed by atoms with Crippen LogP contribution in [-0.4, -0.2) is 86.8 Å². The first-order valence-electron chi connectivity index (χ1n) is 17.6. The van der Waals surface area contributed by atoms with Crippen molar-refractivity contribution in [2.75, 3.05) is 13.2 Å². The van der Waals surface area contributed by atoms with Crippen LogP contribution in [0.5, 0.6) is 5.75 Å². The van der Waals surface area contributed by atoms with Crippen molar-refractivity contribution < 1.29 is 48.6 Å². The number of rotatable bonds is 16. The summed E-state index contributed by atoms with van der Waals surface area (Å²) in [5.41, 5.74) is 1.25. The first kappa shape index (κ1) is 39.4. The molecule has 4 rings (SSSR count). The maximum atomic E-state index is 14.1. The van der Waals surface area contributed by atoms with E-state index in [4.69, 9.17) is 4.74 Å². The van der Waals surface area contributed by atoms with E-state index < -0.39 is 83.0 Å². The van der Waals surface area contributed by atoms with Gasteiger partial charge in [0, 0.05) is 12.6 Å². The Hall–Kier alpha value is -5.34. The zero-order chi connectivity index (χ0) is 37.9. The Bertz CT molecular complexity index is 1670. The van der Waals surface area contributed by atoms with Gasteiger partial charge in [-0.15, -0.1) is 0 Å². The molecule has 3 atom stereocenters. The molecule has 2 aliphatic rings. The topological polar surface area (TPSA) is 223 Å². The highest BCUT2D eigenvalue weighted by Gasteiger charge is 2.39. The summed E-state index contributed by atoms with van der Waals surface area (Å²) < 4.78 is 5.21. The minimum atomic E-state index is -1.54. The SMILES string of the molecule is Cc1cccc(C)c1C(=O)OCC(=O)[C@H](CC(=O)O)NC(=O)C1CCCN1C(=O)[C@H](CCC1CCCCC1)NC(=O)Cc1ccc(O)c([N+](=O)[O-])c1. The lowest BCUT2D eigenvalue weighted by Gasteiger charge is -2.31. The summed E-state index contributed by atoms with van der Waals surface area (Å²) in [7, 11) is 0. The number of amides is 3. The predicted octanol–water partition coefficient (Wildman–Crippen LogP) is 3.68. The molecule has 1 heterocycles. The first-order chi connectivity index (χ1) is 24.7. The zero-order valence-corrected chi connectivity index (χ0v) is 29.4. The fraction of sp³-hybridized carbons (Fsp3) is 0.514. The third kappa shape index (κ3) is 10.6. The number of nitro groups is 1. The molecule has 2 aromatic rings. The number of aryl methyl sites for hydroxylation is 2. The number of nitrogens with one attached hydrogen (secondary N) is 2. The monoisotopic (exact) mass is 722 g/mol. The number of hydrogen-bond donors (Lipinski definition) is 4. The van der Waals surface area contributed by atoms with Crippen molar-refractivity contribution >= 4 is 41.1 Å². The molecule has 1 saturated carbocycles. The van der Waals surface area contributed by atoms with Gasteiger partial charge in [-0.3, -0.25) is 34.1 Å². The van der Waals surface area contributed by atoms with Crippen molar-refractivity contribution in [1.82, 2.24) is 15.5 Å². The van der Waals surface area contributed by atoms with E-state index >= 15 is 0 Å². The lowest BCUT2D eigenvalue weighted by atomic mass is 9.85. The van der Waals surface area contributed by atoms with Gasteiger partial charge in [0.1, 0.15) is 18.1 Å². The molecule has 0 aromatic heterocycles. The van der Waals surface area contributed by atoms with Gasteiger partial charge in [-0.25, -0.2) is 4.79 Å². The normalized spacial score (nSPS) is 17.1. The van der Waals surface area contributed by atoms with E-state index in [0.29, 0.717) is 36.3 Å². The van der Waals surface area contributed by atoms with Crippen LogP contribution < -0.4 is 10.6 Å². The van der Waals surface area contributed by atoms with E-state index in [1.807, 2.05) is 0 Å². The quantitative estimate of drug-likeness (QED) is 0.111. The summed E-state index contributed by atoms with van der Waals surface area (Å²) in [4.78, 5) is 90.2. The number of nitro benzene ring substituents is 1. The average molecular weight is 723 g/mol. The van der Waals surface area contributed by atoms with Crippen molar-refractivity contribution in [1.29, 1.82) is 0 Å². The summed E-state index contributed by atoms with van der Waals surface area (Å²) in [6.45, 7) is 2.83. The van der Waals surface area contributed by atoms with Gasteiger partial charge in [0.05, 0.1) is 23.3 Å². The van der Waals surface area contributed by atoms with E-state index in [9.17, 15) is 49.1 Å². The molecule has 1 unspecified atom stereocenters. The molecule has 1 aliphatic carbocycles. The van der Waals surface area contributed by atoms with Gasteiger partial charge in [-0.05, 0) is 68.2 Å². The van der Waals surface area contributed by atoms with Gasteiger partial charge in [0.15, 0.2) is 18.1 Å². The molecule has 2 aromatic carbocycles. The number of aromatic hydroxyl groups is 1. The van der Waals surface area contributed by atoms with Gasteiger partial charge in [-0.1, -0.05) is 56.4 Å². The molecule has 1 saturated heterocycles. The Kier molecular flexibility index (Phi) is 13.8. The number of carboxylic acid groups (broad SMARTS) is 1. The van der Waals surface area contributed by atoms with E-state index in [2.05, 4.69) is 10.6 Å². The molecule has 15 nitrogen and oxygen atoms in total. The third-order valence-corrected chi connectivity index (χ3v) is 9.78. The molecule has 280 valence electrons. The molecule has 3 amide bonds. The van der Waals surface area contributed by atoms with Gasteiger partial charge < -0.3 is 30.5 Å². The molecule has 52 heavy (non-hydrogen) atoms. The molecule has 2 fully saturated rings. The van der Waals surface area contributed by atoms with Gasteiger partial charge in [0.2, 0.25) is 17.7 Å². The Morgan fingerprint density at radius 2 is 1.65 bits per heavy atom. The standard InChI is InChI=1S/C37H46N4O11/c1-22-8-6-9-23(2)34(22)37(49)52-21-31(43)27(20-33(45)46)39-35(47)28-12-7-17-40(28)36(48)26(15-13-24-10-4-3-5-11-24)38-32(44)19-25-14-16-30(42)29(18-25)41(50)51/h6,8-9,14,16,18,24,26-28,42H,3-5,7,10-13,15,17,19-21H2,1-2H3,(H,38,44)(H,39,47)(H,45,46)/t26-,27-,28?/m0/s1. The number of ketones is 1. The summed E-state index contributed by atoms with van der Waals surface area (Å²) in [6.07, 6.45) is 5.83. The van der Waals surface area contributed by atoms with Crippen molar-refractivity contribution in [3.63, 3.8) is 0 Å². The summed E-state index contributed by atoms with van der Waals surface area (Å²) in [5, 5.41) is 35.8. The van der Waals surface area contributed by atoms with Crippen LogP contribution in [0.15, 0.2) is 36.4 Å². The van der Waals surface area contributed by atoms with Crippen molar-refractivity contribution in [3.8, 4) is 5.75 Å². The van der Waals surface area contributed by atoms with Crippen LogP contribution in [0.25, 0.3) is 0 Å². The number of likely N-dealkylation sites (tertiary alicyclic amines) is 1. The maximum absolute atomic E-state index is 14.1. The fourth-order valence-corrected chi connectivity index (χ4v) is 7.03. The number of carbonyl (C=O) groups excluding carboxylic acids is 5. The van der Waals surface area contributed by atoms with E-state index in [-0.39, 0.29) is 30.5 Å². The minimum Gasteiger partial charge on any atom is -0.502 e. The molecule has 0 bridgehead atoms. The fourth-order valence-electron chi connectivity index (χ4n) is 7.03. The Balaban J connectivity index is 1.45. The number of hydrogen-bond acceptors (Lipinski definition) is 10. The smallest absolute Gasteiger partial charge is 0.339 e. The molecular formula is C37H46N4O11. The van der Waals surface area contributed by atoms with Crippen LogP contribution in [-0.2, 0) is 35.1 Å². The molecule has 15 heteroatoms. The highest BCUT2D eigenvalue weighted by Crippen LogP contribution is 2.29. The maximum Gasteiger partial charge on any atom is 0.339 e. The van der Waals surface area contributed by atoms with Gasteiger partial charge in [-0.2, -0.15) is 0 Å². The number of nitrogens with zero attached hydrogens (tertiary/aromatic N) is 2. The van der Waals surface area contributed by atoms with E-state index in [1.165, 1.54) is 11.0 Å². The summed E-state index contributed by atoms with van der Waals surface area (Å²) in [5.74, 6) is -4.99. The molecule has 1 aliphatic heterocycles. The van der Waals surface area contributed by atoms with E-state index in [0.717, 1.165) is 44.2 Å². The van der Waals surface area contributed by atoms with Crippen LogP contribution in [0.4, 0.5) is 5.69 Å². The highest BCUT2D eigenvalue weighted by molar-refractivity contribution is 5.98. The van der Waals surface area contributed by atoms with Crippen LogP contribution in [0.2, 0.25) is 0 Å². The number of carboxylic acids is 1. The van der Waals surface area contributed by atoms with Crippen LogP contribution >= 0.6 is 0 Å². The average Bonchev–Trinajstić information content (AvgIpc) is 3.60. The van der Waals surface area contributed by atoms with Gasteiger partial charge >= 0.3 is 17.6 Å². The Morgan fingerprint density at radius 3 is 2.31 bits per heavy atom. The second kappa shape index (κ2) is 18.2. The largest absolute Gasteiger partial charge is 0.502 e. The summed E-state index contributed by atoms with van der Waals surface area (Å²) >= 11 is 0. The number of aliphatic carboxylic acids is 1. The minimum absolute atomic E-state index is 0.182. The number of benzene rings is 2. The number of phenols is 1. The van der Waals surface area contributed by atoms with Crippen molar-refractivity contribution in [2.45, 2.75) is 103 Å². The second-order valence-corrected chi connectivity index (χ2v) is 13.6. The van der Waals surface area contributed by atoms with Crippen LogP contribution in [0.3, 0.4) is 0 Å². The van der Waals surface area contributed by atoms with Crippen LogP contribution in [0.1, 0.15) is 91.3 Å². The lowest BCUT2D eigenvalue weighted by Crippen LogP contribution is -2.56. The molecule has 0 spiro atoms. The Labute approximate surface area is 301 Å². The van der Waals surface area contributed by atoms with E-state index in [1.54, 1.807) is 32.0 Å². The highest BCUT2D eigenvalue weighted by atomic mass is 16.6. The number of ether oxygens (including phenoxy) is 1. The number of phenolic OH excluding ortho intramolecular Hbond substituents is 1. The number of esters is 1.